The SMILES string of the molecule is COc1cc(O)ccc1[C@H]1C2=CC[C@@H]3C(=O)N(CCc4ccc(O)cc4)C(=O)[C@@H]3[C@@H]2CC2=C1C(=O)C=C(C)C2=O. The number of imide groups is 1. The standard InChI is InChI=1S/C32H29NO7/c1-16-13-25(36)29-24(30(16)37)15-23-20(27(29)21-8-7-19(35)14-26(21)40-2)9-10-22-28(23)32(39)33(31(22)38)12-11-17-3-5-18(34)6-4-17/h3-9,13-14,22-23,27-28,34-35H,10-12,15H2,1-2H3/t22-,23+,27+,28-/m0/s1. The molecule has 204 valence electrons. The lowest BCUT2D eigenvalue weighted by molar-refractivity contribution is -0.140. The van der Waals surface area contributed by atoms with Crippen molar-refractivity contribution in [1.29, 1.82) is 0 Å². The molecule has 6 rings (SSSR count). The van der Waals surface area contributed by atoms with Crippen LogP contribution in [0.25, 0.3) is 0 Å². The summed E-state index contributed by atoms with van der Waals surface area (Å²) in [5, 5.41) is 19.6. The van der Waals surface area contributed by atoms with Crippen molar-refractivity contribution >= 4 is 23.4 Å². The first-order chi connectivity index (χ1) is 19.2. The molecule has 0 saturated carbocycles. The van der Waals surface area contributed by atoms with Gasteiger partial charge in [0.25, 0.3) is 0 Å². The Hall–Kier alpha value is -4.46. The average Bonchev–Trinajstić information content (AvgIpc) is 3.19. The van der Waals surface area contributed by atoms with Gasteiger partial charge in [0.2, 0.25) is 11.8 Å². The molecule has 1 fully saturated rings. The van der Waals surface area contributed by atoms with E-state index in [2.05, 4.69) is 0 Å². The van der Waals surface area contributed by atoms with E-state index in [0.29, 0.717) is 40.9 Å². The molecular formula is C32H29NO7. The Morgan fingerprint density at radius 1 is 0.950 bits per heavy atom. The molecule has 3 aliphatic carbocycles. The van der Waals surface area contributed by atoms with Crippen LogP contribution in [0.15, 0.2) is 76.9 Å². The van der Waals surface area contributed by atoms with Crippen molar-refractivity contribution < 1.29 is 34.1 Å². The van der Waals surface area contributed by atoms with Crippen molar-refractivity contribution in [2.24, 2.45) is 17.8 Å². The molecule has 40 heavy (non-hydrogen) atoms. The summed E-state index contributed by atoms with van der Waals surface area (Å²) in [6.07, 6.45) is 4.35. The summed E-state index contributed by atoms with van der Waals surface area (Å²) in [7, 11) is 1.47. The number of Topliss-reactive ketones (excluding diaryl/α,β-unsaturated/α-hetero) is 1. The summed E-state index contributed by atoms with van der Waals surface area (Å²) in [4.78, 5) is 55.5. The number of rotatable bonds is 5. The number of amides is 2. The first-order valence-electron chi connectivity index (χ1n) is 13.4. The minimum Gasteiger partial charge on any atom is -0.508 e. The summed E-state index contributed by atoms with van der Waals surface area (Å²) in [5.41, 5.74) is 3.46. The van der Waals surface area contributed by atoms with Crippen molar-refractivity contribution in [2.45, 2.75) is 32.1 Å². The van der Waals surface area contributed by atoms with Crippen molar-refractivity contribution in [3.05, 3.63) is 88.0 Å². The van der Waals surface area contributed by atoms with Crippen LogP contribution in [-0.2, 0) is 25.6 Å². The molecule has 1 heterocycles. The van der Waals surface area contributed by atoms with Gasteiger partial charge in [-0.25, -0.2) is 0 Å². The van der Waals surface area contributed by atoms with Gasteiger partial charge < -0.3 is 14.9 Å². The fourth-order valence-corrected chi connectivity index (χ4v) is 6.86. The molecule has 4 aliphatic rings. The Labute approximate surface area is 231 Å². The van der Waals surface area contributed by atoms with Crippen molar-refractivity contribution in [3.63, 3.8) is 0 Å². The minimum atomic E-state index is -0.639. The van der Waals surface area contributed by atoms with Crippen LogP contribution in [0.4, 0.5) is 0 Å². The molecule has 8 heteroatoms. The maximum Gasteiger partial charge on any atom is 0.233 e. The van der Waals surface area contributed by atoms with Gasteiger partial charge in [-0.1, -0.05) is 29.8 Å². The van der Waals surface area contributed by atoms with Crippen molar-refractivity contribution in [3.8, 4) is 17.2 Å². The Bertz CT molecular complexity index is 1560. The summed E-state index contributed by atoms with van der Waals surface area (Å²) >= 11 is 0. The van der Waals surface area contributed by atoms with Crippen LogP contribution in [0.2, 0.25) is 0 Å². The molecule has 8 nitrogen and oxygen atoms in total. The van der Waals surface area contributed by atoms with Gasteiger partial charge in [0.1, 0.15) is 17.2 Å². The Morgan fingerprint density at radius 3 is 2.40 bits per heavy atom. The second-order valence-corrected chi connectivity index (χ2v) is 10.9. The zero-order valence-corrected chi connectivity index (χ0v) is 22.2. The highest BCUT2D eigenvalue weighted by molar-refractivity contribution is 6.23. The number of aromatic hydroxyl groups is 2. The summed E-state index contributed by atoms with van der Waals surface area (Å²) < 4.78 is 5.58. The van der Waals surface area contributed by atoms with E-state index < -0.39 is 23.7 Å². The number of hydrogen-bond acceptors (Lipinski definition) is 7. The second kappa shape index (κ2) is 9.62. The highest BCUT2D eigenvalue weighted by Gasteiger charge is 2.56. The molecule has 0 radical (unpaired) electrons. The van der Waals surface area contributed by atoms with Crippen LogP contribution >= 0.6 is 0 Å². The zero-order chi connectivity index (χ0) is 28.3. The second-order valence-electron chi connectivity index (χ2n) is 10.9. The van der Waals surface area contributed by atoms with Gasteiger partial charge in [0, 0.05) is 40.8 Å². The number of fused-ring (bicyclic) bond motifs is 3. The van der Waals surface area contributed by atoms with Gasteiger partial charge in [0.05, 0.1) is 18.9 Å². The molecule has 0 bridgehead atoms. The van der Waals surface area contributed by atoms with Crippen LogP contribution in [0.5, 0.6) is 17.2 Å². The number of ketones is 2. The molecule has 0 unspecified atom stereocenters. The van der Waals surface area contributed by atoms with Crippen LogP contribution in [-0.4, -0.2) is 52.1 Å². The van der Waals surface area contributed by atoms with Gasteiger partial charge in [-0.3, -0.25) is 24.1 Å². The van der Waals surface area contributed by atoms with Crippen LogP contribution in [0.1, 0.15) is 36.8 Å². The van der Waals surface area contributed by atoms with Crippen LogP contribution in [0.3, 0.4) is 0 Å². The number of phenols is 2. The number of nitrogens with zero attached hydrogens (tertiary/aromatic N) is 1. The van der Waals surface area contributed by atoms with Crippen LogP contribution in [0, 0.1) is 17.8 Å². The number of ether oxygens (including phenoxy) is 1. The lowest BCUT2D eigenvalue weighted by atomic mass is 9.59. The van der Waals surface area contributed by atoms with E-state index in [0.717, 1.165) is 11.1 Å². The third-order valence-corrected chi connectivity index (χ3v) is 8.74. The average molecular weight is 540 g/mol. The molecule has 4 atom stereocenters. The van der Waals surface area contributed by atoms with E-state index in [1.165, 1.54) is 30.2 Å². The Balaban J connectivity index is 1.40. The zero-order valence-electron chi connectivity index (χ0n) is 22.2. The van der Waals surface area contributed by atoms with E-state index in [1.807, 2.05) is 6.08 Å². The fraction of sp³-hybridized carbons (Fsp3) is 0.312. The normalized spacial score (nSPS) is 25.8. The van der Waals surface area contributed by atoms with E-state index in [9.17, 15) is 29.4 Å². The van der Waals surface area contributed by atoms with Gasteiger partial charge in [-0.15, -0.1) is 0 Å². The lowest BCUT2D eigenvalue weighted by Crippen LogP contribution is -2.40. The van der Waals surface area contributed by atoms with Crippen molar-refractivity contribution in [1.82, 2.24) is 4.90 Å². The number of likely N-dealkylation sites (tertiary alicyclic amines) is 1. The van der Waals surface area contributed by atoms with Crippen molar-refractivity contribution in [2.75, 3.05) is 13.7 Å². The number of phenolic OH excluding ortho intramolecular Hbond substituents is 2. The molecule has 2 aromatic rings. The van der Waals surface area contributed by atoms with E-state index >= 15 is 0 Å². The summed E-state index contributed by atoms with van der Waals surface area (Å²) in [5.74, 6) is -2.67. The van der Waals surface area contributed by atoms with Gasteiger partial charge in [0.15, 0.2) is 11.6 Å². The highest BCUT2D eigenvalue weighted by atomic mass is 16.5. The third-order valence-electron chi connectivity index (χ3n) is 8.74. The van der Waals surface area contributed by atoms with E-state index in [1.54, 1.807) is 37.3 Å². The number of allylic oxidation sites excluding steroid dienone is 6. The number of benzene rings is 2. The predicted molar refractivity (Wildman–Crippen MR) is 145 cm³/mol. The number of methoxy groups -OCH3 is 1. The highest BCUT2D eigenvalue weighted by Crippen LogP contribution is 2.56. The quantitative estimate of drug-likeness (QED) is 0.337. The summed E-state index contributed by atoms with van der Waals surface area (Å²) in [6.45, 7) is 1.84. The molecule has 0 spiro atoms. The fourth-order valence-electron chi connectivity index (χ4n) is 6.86. The van der Waals surface area contributed by atoms with E-state index in [4.69, 9.17) is 4.74 Å². The first kappa shape index (κ1) is 25.8. The molecule has 2 amide bonds. The van der Waals surface area contributed by atoms with Gasteiger partial charge >= 0.3 is 0 Å². The molecule has 2 N–H and O–H groups in total. The van der Waals surface area contributed by atoms with Crippen LogP contribution < -0.4 is 4.74 Å². The van der Waals surface area contributed by atoms with E-state index in [-0.39, 0.29) is 47.8 Å². The number of carbonyl (C=O) groups is 4. The Kier molecular flexibility index (Phi) is 6.21. The molecular weight excluding hydrogens is 510 g/mol. The van der Waals surface area contributed by atoms with Gasteiger partial charge in [-0.05, 0) is 61.9 Å². The molecule has 0 aromatic heterocycles. The summed E-state index contributed by atoms with van der Waals surface area (Å²) in [6, 6.07) is 11.3. The maximum absolute atomic E-state index is 13.9. The smallest absolute Gasteiger partial charge is 0.233 e. The van der Waals surface area contributed by atoms with Gasteiger partial charge in [-0.2, -0.15) is 0 Å². The molecule has 1 saturated heterocycles. The number of carbonyl (C=O) groups excluding carboxylic acids is 4. The minimum absolute atomic E-state index is 0.00229. The monoisotopic (exact) mass is 539 g/mol. The number of hydrogen-bond donors (Lipinski definition) is 2. The maximum atomic E-state index is 13.9. The third kappa shape index (κ3) is 3.97. The molecule has 2 aromatic carbocycles. The Morgan fingerprint density at radius 2 is 1.68 bits per heavy atom. The molecule has 1 aliphatic heterocycles. The lowest BCUT2D eigenvalue weighted by Gasteiger charge is -2.42. The largest absolute Gasteiger partial charge is 0.508 e. The predicted octanol–water partition coefficient (Wildman–Crippen LogP) is 3.78. The topological polar surface area (TPSA) is 121 Å². The first-order valence-corrected chi connectivity index (χ1v) is 13.4.